The van der Waals surface area contributed by atoms with Gasteiger partial charge in [0.2, 0.25) is 0 Å². The minimum absolute atomic E-state index is 0.191. The molecule has 0 aliphatic carbocycles. The highest BCUT2D eigenvalue weighted by Crippen LogP contribution is 2.35. The number of hydrogen-bond acceptors (Lipinski definition) is 3. The number of fused-ring (bicyclic) bond motifs is 1. The van der Waals surface area contributed by atoms with Crippen LogP contribution in [0.4, 0.5) is 10.5 Å². The fraction of sp³-hybridized carbons (Fsp3) is 0.440. The maximum atomic E-state index is 13.9. The van der Waals surface area contributed by atoms with Gasteiger partial charge in [-0.15, -0.1) is 0 Å². The number of para-hydroxylation sites is 1. The molecule has 0 spiro atoms. The summed E-state index contributed by atoms with van der Waals surface area (Å²) in [6.45, 7) is 7.04. The second-order valence-electron chi connectivity index (χ2n) is 8.21. The van der Waals surface area contributed by atoms with Gasteiger partial charge in [0.25, 0.3) is 5.91 Å². The van der Waals surface area contributed by atoms with Crippen LogP contribution in [-0.2, 0) is 6.54 Å². The van der Waals surface area contributed by atoms with E-state index in [1.54, 1.807) is 23.1 Å². The summed E-state index contributed by atoms with van der Waals surface area (Å²) in [4.78, 5) is 29.7. The van der Waals surface area contributed by atoms with Crippen molar-refractivity contribution in [3.8, 4) is 5.75 Å². The topological polar surface area (TPSA) is 75.9 Å². The number of hydrogen-bond donors (Lipinski definition) is 1. The molecule has 3 amide bonds. The third-order valence-electron chi connectivity index (χ3n) is 5.97. The van der Waals surface area contributed by atoms with Crippen LogP contribution in [0.5, 0.6) is 5.75 Å². The van der Waals surface area contributed by atoms with E-state index in [1.165, 1.54) is 0 Å². The minimum atomic E-state index is -0.487. The van der Waals surface area contributed by atoms with E-state index >= 15 is 0 Å². The van der Waals surface area contributed by atoms with E-state index in [0.717, 1.165) is 36.9 Å². The number of primary amides is 1. The van der Waals surface area contributed by atoms with Crippen molar-refractivity contribution in [1.29, 1.82) is 0 Å². The summed E-state index contributed by atoms with van der Waals surface area (Å²) in [6.07, 6.45) is 3.53. The molecule has 0 saturated carbocycles. The number of rotatable bonds is 7. The number of halogens is 1. The first kappa shape index (κ1) is 23.9. The highest BCUT2D eigenvalue weighted by atomic mass is 35.5. The molecule has 1 aliphatic heterocycles. The van der Waals surface area contributed by atoms with Gasteiger partial charge in [-0.05, 0) is 49.6 Å². The maximum Gasteiger partial charge on any atom is 0.315 e. The summed E-state index contributed by atoms with van der Waals surface area (Å²) >= 11 is 6.55. The normalized spacial score (nSPS) is 18.1. The Morgan fingerprint density at radius 3 is 2.56 bits per heavy atom. The van der Waals surface area contributed by atoms with Crippen LogP contribution in [0.2, 0.25) is 5.02 Å². The first-order chi connectivity index (χ1) is 15.4. The lowest BCUT2D eigenvalue weighted by Gasteiger charge is -2.37. The Bertz CT molecular complexity index is 965. The molecule has 32 heavy (non-hydrogen) atoms. The molecule has 172 valence electrons. The predicted octanol–water partition coefficient (Wildman–Crippen LogP) is 5.62. The molecule has 1 unspecified atom stereocenters. The molecule has 0 saturated heterocycles. The summed E-state index contributed by atoms with van der Waals surface area (Å²) in [7, 11) is 0. The van der Waals surface area contributed by atoms with E-state index in [9.17, 15) is 9.59 Å². The first-order valence-corrected chi connectivity index (χ1v) is 11.7. The molecule has 0 bridgehead atoms. The molecule has 2 N–H and O–H groups in total. The lowest BCUT2D eigenvalue weighted by Crippen LogP contribution is -2.53. The lowest BCUT2D eigenvalue weighted by atomic mass is 9.99. The SMILES string of the molecule is CCCC[C@@H]1C(C)N(C(N)=O)Cc2ccccc2N1C(=O)c1ccc(OCCC)cc1Cl. The summed E-state index contributed by atoms with van der Waals surface area (Å²) in [5.41, 5.74) is 7.81. The van der Waals surface area contributed by atoms with Crippen molar-refractivity contribution in [3.63, 3.8) is 0 Å². The summed E-state index contributed by atoms with van der Waals surface area (Å²) < 4.78 is 5.66. The average Bonchev–Trinajstić information content (AvgIpc) is 2.90. The Morgan fingerprint density at radius 1 is 1.16 bits per heavy atom. The average molecular weight is 458 g/mol. The monoisotopic (exact) mass is 457 g/mol. The van der Waals surface area contributed by atoms with Gasteiger partial charge in [-0.3, -0.25) is 4.79 Å². The summed E-state index contributed by atoms with van der Waals surface area (Å²) in [5.74, 6) is 0.448. The van der Waals surface area contributed by atoms with Crippen LogP contribution in [0.3, 0.4) is 0 Å². The highest BCUT2D eigenvalue weighted by Gasteiger charge is 2.38. The number of unbranched alkanes of at least 4 members (excludes halogenated alkanes) is 1. The molecule has 1 heterocycles. The van der Waals surface area contributed by atoms with Gasteiger partial charge < -0.3 is 20.3 Å². The van der Waals surface area contributed by atoms with Crippen molar-refractivity contribution in [1.82, 2.24) is 4.90 Å². The first-order valence-electron chi connectivity index (χ1n) is 11.3. The lowest BCUT2D eigenvalue weighted by molar-refractivity contribution is 0.0957. The van der Waals surface area contributed by atoms with Crippen LogP contribution in [0, 0.1) is 0 Å². The molecular formula is C25H32ClN3O3. The fourth-order valence-corrected chi connectivity index (χ4v) is 4.49. The van der Waals surface area contributed by atoms with Crippen LogP contribution >= 0.6 is 11.6 Å². The standard InChI is InChI=1S/C25H32ClN3O3/c1-4-6-10-22-17(3)28(25(27)31)16-18-9-7-8-11-23(18)29(22)24(30)20-13-12-19(15-21(20)26)32-14-5-2/h7-9,11-13,15,17,22H,4-6,10,14,16H2,1-3H3,(H2,27,31)/t17?,22-/m1/s1. The number of nitrogens with zero attached hydrogens (tertiary/aromatic N) is 2. The summed E-state index contributed by atoms with van der Waals surface area (Å²) in [5, 5.41) is 0.346. The predicted molar refractivity (Wildman–Crippen MR) is 128 cm³/mol. The smallest absolute Gasteiger partial charge is 0.315 e. The van der Waals surface area contributed by atoms with Gasteiger partial charge in [0.05, 0.1) is 29.3 Å². The number of amides is 3. The minimum Gasteiger partial charge on any atom is -0.494 e. The van der Waals surface area contributed by atoms with E-state index in [0.29, 0.717) is 29.5 Å². The second kappa shape index (κ2) is 10.7. The largest absolute Gasteiger partial charge is 0.494 e. The number of carbonyl (C=O) groups is 2. The highest BCUT2D eigenvalue weighted by molar-refractivity contribution is 6.34. The zero-order valence-electron chi connectivity index (χ0n) is 19.0. The van der Waals surface area contributed by atoms with E-state index in [4.69, 9.17) is 22.1 Å². The zero-order chi connectivity index (χ0) is 23.3. The second-order valence-corrected chi connectivity index (χ2v) is 8.62. The van der Waals surface area contributed by atoms with Crippen molar-refractivity contribution in [2.45, 2.75) is 65.1 Å². The Labute approximate surface area is 195 Å². The maximum absolute atomic E-state index is 13.9. The third-order valence-corrected chi connectivity index (χ3v) is 6.28. The Balaban J connectivity index is 2.08. The Kier molecular flexibility index (Phi) is 8.02. The molecule has 2 atom stereocenters. The molecule has 0 fully saturated rings. The number of benzene rings is 2. The van der Waals surface area contributed by atoms with Crippen molar-refractivity contribution < 1.29 is 14.3 Å². The molecule has 7 heteroatoms. The van der Waals surface area contributed by atoms with Crippen LogP contribution in [0.1, 0.15) is 62.4 Å². The van der Waals surface area contributed by atoms with Crippen molar-refractivity contribution >= 4 is 29.2 Å². The van der Waals surface area contributed by atoms with E-state index in [2.05, 4.69) is 6.92 Å². The van der Waals surface area contributed by atoms with Gasteiger partial charge in [0.15, 0.2) is 0 Å². The molecular weight excluding hydrogens is 426 g/mol. The number of anilines is 1. The van der Waals surface area contributed by atoms with Gasteiger partial charge in [-0.2, -0.15) is 0 Å². The van der Waals surface area contributed by atoms with Crippen molar-refractivity contribution in [2.24, 2.45) is 5.73 Å². The van der Waals surface area contributed by atoms with Gasteiger partial charge in [0.1, 0.15) is 5.75 Å². The molecule has 2 aromatic rings. The van der Waals surface area contributed by atoms with Gasteiger partial charge >= 0.3 is 6.03 Å². The number of nitrogens with two attached hydrogens (primary N) is 1. The molecule has 3 rings (SSSR count). The Hall–Kier alpha value is -2.73. The van der Waals surface area contributed by atoms with E-state index < -0.39 is 6.03 Å². The van der Waals surface area contributed by atoms with Crippen LogP contribution < -0.4 is 15.4 Å². The van der Waals surface area contributed by atoms with Crippen molar-refractivity contribution in [3.05, 3.63) is 58.6 Å². The molecule has 0 radical (unpaired) electrons. The zero-order valence-corrected chi connectivity index (χ0v) is 19.8. The fourth-order valence-electron chi connectivity index (χ4n) is 4.24. The van der Waals surface area contributed by atoms with Gasteiger partial charge in [-0.1, -0.05) is 56.5 Å². The molecule has 6 nitrogen and oxygen atoms in total. The van der Waals surface area contributed by atoms with Gasteiger partial charge in [0, 0.05) is 12.2 Å². The number of ether oxygens (including phenoxy) is 1. The van der Waals surface area contributed by atoms with Crippen LogP contribution in [0.15, 0.2) is 42.5 Å². The molecule has 0 aromatic heterocycles. The molecule has 1 aliphatic rings. The number of carbonyl (C=O) groups excluding carboxylic acids is 2. The number of urea groups is 1. The van der Waals surface area contributed by atoms with Crippen LogP contribution in [-0.4, -0.2) is 35.5 Å². The van der Waals surface area contributed by atoms with Gasteiger partial charge in [-0.25, -0.2) is 4.79 Å². The third kappa shape index (κ3) is 5.01. The quantitative estimate of drug-likeness (QED) is 0.586. The molecule has 2 aromatic carbocycles. The van der Waals surface area contributed by atoms with E-state index in [-0.39, 0.29) is 18.0 Å². The Morgan fingerprint density at radius 2 is 1.91 bits per heavy atom. The van der Waals surface area contributed by atoms with Crippen molar-refractivity contribution in [2.75, 3.05) is 11.5 Å². The summed E-state index contributed by atoms with van der Waals surface area (Å²) in [6, 6.07) is 11.9. The van der Waals surface area contributed by atoms with E-state index in [1.807, 2.05) is 43.0 Å². The van der Waals surface area contributed by atoms with Crippen LogP contribution in [0.25, 0.3) is 0 Å².